The first-order valence-corrected chi connectivity index (χ1v) is 9.83. The molecule has 0 fully saturated rings. The smallest absolute Gasteiger partial charge is 0.167 e. The van der Waals surface area contributed by atoms with E-state index >= 15 is 0 Å². The topological polar surface area (TPSA) is 39.7 Å². The minimum Gasteiger partial charge on any atom is -0.493 e. The Morgan fingerprint density at radius 2 is 2.04 bits per heavy atom. The van der Waals surface area contributed by atoms with E-state index in [0.717, 1.165) is 47.5 Å². The molecule has 0 bridgehead atoms. The Bertz CT molecular complexity index is 697. The number of ether oxygens (including phenoxy) is 3. The number of halogens is 2. The van der Waals surface area contributed by atoms with Gasteiger partial charge in [-0.3, -0.25) is 0 Å². The molecule has 0 amide bonds. The Morgan fingerprint density at radius 1 is 1.19 bits per heavy atom. The molecule has 142 valence electrons. The van der Waals surface area contributed by atoms with E-state index in [0.29, 0.717) is 23.9 Å². The maximum Gasteiger partial charge on any atom is 0.167 e. The molecule has 0 aromatic heterocycles. The van der Waals surface area contributed by atoms with Gasteiger partial charge in [0.05, 0.1) is 7.11 Å². The summed E-state index contributed by atoms with van der Waals surface area (Å²) in [6.45, 7) is 5.49. The van der Waals surface area contributed by atoms with Crippen LogP contribution in [0.5, 0.6) is 11.5 Å². The molecule has 26 heavy (non-hydrogen) atoms. The lowest BCUT2D eigenvalue weighted by Crippen LogP contribution is -2.17. The molecule has 0 spiro atoms. The quantitative estimate of drug-likeness (QED) is 0.485. The van der Waals surface area contributed by atoms with Crippen molar-refractivity contribution in [2.75, 3.05) is 26.9 Å². The van der Waals surface area contributed by atoms with E-state index in [4.69, 9.17) is 25.8 Å². The van der Waals surface area contributed by atoms with E-state index in [1.54, 1.807) is 7.11 Å². The van der Waals surface area contributed by atoms with Crippen LogP contribution in [0.4, 0.5) is 0 Å². The number of benzene rings is 2. The van der Waals surface area contributed by atoms with E-state index in [1.165, 1.54) is 0 Å². The molecule has 2 aromatic rings. The van der Waals surface area contributed by atoms with Crippen molar-refractivity contribution < 1.29 is 14.2 Å². The Labute approximate surface area is 168 Å². The zero-order valence-electron chi connectivity index (χ0n) is 15.2. The van der Waals surface area contributed by atoms with Crippen LogP contribution in [0.3, 0.4) is 0 Å². The fraction of sp³-hybridized carbons (Fsp3) is 0.400. The summed E-state index contributed by atoms with van der Waals surface area (Å²) in [5.74, 6) is 1.44. The Balaban J connectivity index is 2.06. The zero-order valence-corrected chi connectivity index (χ0v) is 17.5. The summed E-state index contributed by atoms with van der Waals surface area (Å²) in [4.78, 5) is 0. The van der Waals surface area contributed by atoms with Gasteiger partial charge in [0.25, 0.3) is 0 Å². The van der Waals surface area contributed by atoms with Gasteiger partial charge in [0.2, 0.25) is 0 Å². The second-order valence-electron chi connectivity index (χ2n) is 5.70. The number of hydrogen-bond donors (Lipinski definition) is 1. The Hall–Kier alpha value is -1.27. The van der Waals surface area contributed by atoms with Gasteiger partial charge in [0.1, 0.15) is 6.61 Å². The van der Waals surface area contributed by atoms with E-state index in [-0.39, 0.29) is 0 Å². The fourth-order valence-corrected chi connectivity index (χ4v) is 3.17. The average Bonchev–Trinajstić information content (AvgIpc) is 2.64. The molecular weight excluding hydrogens is 418 g/mol. The molecule has 0 heterocycles. The number of hydrogen-bond acceptors (Lipinski definition) is 4. The zero-order chi connectivity index (χ0) is 18.8. The summed E-state index contributed by atoms with van der Waals surface area (Å²) < 4.78 is 17.9. The van der Waals surface area contributed by atoms with Crippen molar-refractivity contribution in [1.82, 2.24) is 5.32 Å². The Kier molecular flexibility index (Phi) is 9.26. The van der Waals surface area contributed by atoms with Gasteiger partial charge >= 0.3 is 0 Å². The number of nitrogens with one attached hydrogen (secondary N) is 1. The first kappa shape index (κ1) is 21.0. The van der Waals surface area contributed by atoms with Gasteiger partial charge in [0.15, 0.2) is 11.5 Å². The van der Waals surface area contributed by atoms with E-state index in [1.807, 2.05) is 43.3 Å². The van der Waals surface area contributed by atoms with Crippen molar-refractivity contribution in [2.45, 2.75) is 26.5 Å². The lowest BCUT2D eigenvalue weighted by atomic mass is 10.1. The van der Waals surface area contributed by atoms with Gasteiger partial charge in [-0.15, -0.1) is 0 Å². The normalized spacial score (nSPS) is 10.8. The summed E-state index contributed by atoms with van der Waals surface area (Å²) >= 11 is 9.68. The van der Waals surface area contributed by atoms with Gasteiger partial charge in [-0.05, 0) is 49.7 Å². The molecule has 0 aliphatic carbocycles. The van der Waals surface area contributed by atoms with Crippen LogP contribution in [0, 0.1) is 0 Å². The predicted molar refractivity (Wildman–Crippen MR) is 109 cm³/mol. The van der Waals surface area contributed by atoms with Crippen molar-refractivity contribution in [3.8, 4) is 11.5 Å². The standard InChI is InChI=1S/C20H25BrClNO3/c1-3-25-11-5-10-23-13-17-18(21)8-9-19(24-2)20(17)26-14-15-6-4-7-16(22)12-15/h4,6-9,12,23H,3,5,10-11,13-14H2,1-2H3. The Morgan fingerprint density at radius 3 is 2.77 bits per heavy atom. The highest BCUT2D eigenvalue weighted by atomic mass is 79.9. The highest BCUT2D eigenvalue weighted by molar-refractivity contribution is 9.10. The molecular formula is C20H25BrClNO3. The minimum atomic E-state index is 0.421. The second-order valence-corrected chi connectivity index (χ2v) is 6.99. The molecule has 0 saturated heterocycles. The minimum absolute atomic E-state index is 0.421. The molecule has 1 N–H and O–H groups in total. The first-order chi connectivity index (χ1) is 12.7. The van der Waals surface area contributed by atoms with Crippen LogP contribution in [-0.2, 0) is 17.9 Å². The summed E-state index contributed by atoms with van der Waals surface area (Å²) in [7, 11) is 1.65. The molecule has 2 rings (SSSR count). The van der Waals surface area contributed by atoms with Crippen LogP contribution in [0.1, 0.15) is 24.5 Å². The second kappa shape index (κ2) is 11.4. The fourth-order valence-electron chi connectivity index (χ4n) is 2.51. The molecule has 4 nitrogen and oxygen atoms in total. The van der Waals surface area contributed by atoms with Crippen LogP contribution in [0.25, 0.3) is 0 Å². The van der Waals surface area contributed by atoms with Crippen LogP contribution in [0.2, 0.25) is 5.02 Å². The number of methoxy groups -OCH3 is 1. The van der Waals surface area contributed by atoms with Crippen LogP contribution in [-0.4, -0.2) is 26.9 Å². The molecule has 0 unspecified atom stereocenters. The van der Waals surface area contributed by atoms with Crippen molar-refractivity contribution in [3.05, 3.63) is 57.0 Å². The lowest BCUT2D eigenvalue weighted by molar-refractivity contribution is 0.144. The van der Waals surface area contributed by atoms with Crippen LogP contribution < -0.4 is 14.8 Å². The van der Waals surface area contributed by atoms with E-state index < -0.39 is 0 Å². The lowest BCUT2D eigenvalue weighted by Gasteiger charge is -2.17. The highest BCUT2D eigenvalue weighted by Gasteiger charge is 2.14. The molecule has 0 aliphatic rings. The summed E-state index contributed by atoms with van der Waals surface area (Å²) in [6.07, 6.45) is 0.966. The third-order valence-electron chi connectivity index (χ3n) is 3.81. The van der Waals surface area contributed by atoms with Gasteiger partial charge in [-0.1, -0.05) is 39.7 Å². The maximum atomic E-state index is 6.10. The maximum absolute atomic E-state index is 6.10. The summed E-state index contributed by atoms with van der Waals surface area (Å²) in [6, 6.07) is 11.5. The van der Waals surface area contributed by atoms with Crippen molar-refractivity contribution in [1.29, 1.82) is 0 Å². The number of rotatable bonds is 11. The van der Waals surface area contributed by atoms with Gasteiger partial charge in [-0.25, -0.2) is 0 Å². The van der Waals surface area contributed by atoms with Gasteiger partial charge in [0, 0.05) is 34.8 Å². The third kappa shape index (κ3) is 6.47. The van der Waals surface area contributed by atoms with Crippen LogP contribution in [0.15, 0.2) is 40.9 Å². The molecule has 0 saturated carbocycles. The van der Waals surface area contributed by atoms with E-state index in [9.17, 15) is 0 Å². The highest BCUT2D eigenvalue weighted by Crippen LogP contribution is 2.36. The monoisotopic (exact) mass is 441 g/mol. The molecule has 0 radical (unpaired) electrons. The average molecular weight is 443 g/mol. The van der Waals surface area contributed by atoms with Gasteiger partial charge in [-0.2, -0.15) is 0 Å². The van der Waals surface area contributed by atoms with Crippen LogP contribution >= 0.6 is 27.5 Å². The molecule has 0 aliphatic heterocycles. The summed E-state index contributed by atoms with van der Waals surface area (Å²) in [5.41, 5.74) is 2.04. The predicted octanol–water partition coefficient (Wildman–Crippen LogP) is 5.21. The van der Waals surface area contributed by atoms with Crippen molar-refractivity contribution in [3.63, 3.8) is 0 Å². The van der Waals surface area contributed by atoms with Crippen molar-refractivity contribution in [2.24, 2.45) is 0 Å². The van der Waals surface area contributed by atoms with Crippen molar-refractivity contribution >= 4 is 27.5 Å². The largest absolute Gasteiger partial charge is 0.493 e. The van der Waals surface area contributed by atoms with E-state index in [2.05, 4.69) is 21.2 Å². The molecule has 2 aromatic carbocycles. The molecule has 0 atom stereocenters. The summed E-state index contributed by atoms with van der Waals surface area (Å²) in [5, 5.41) is 4.13. The molecule has 6 heteroatoms. The SMILES string of the molecule is CCOCCCNCc1c(Br)ccc(OC)c1OCc1cccc(Cl)c1. The third-order valence-corrected chi connectivity index (χ3v) is 4.79. The van der Waals surface area contributed by atoms with Gasteiger partial charge < -0.3 is 19.5 Å². The first-order valence-electron chi connectivity index (χ1n) is 8.66.